The molecule has 2 rings (SSSR count). The number of nitrogens with one attached hydrogen (secondary N) is 1. The van der Waals surface area contributed by atoms with Crippen LogP contribution in [0.4, 0.5) is 10.5 Å². The van der Waals surface area contributed by atoms with E-state index in [4.69, 9.17) is 4.74 Å². The topological polar surface area (TPSA) is 91.8 Å². The molecule has 2 amide bonds. The number of hydrogen-bond donors (Lipinski definition) is 2. The van der Waals surface area contributed by atoms with Crippen LogP contribution in [-0.4, -0.2) is 47.9 Å². The summed E-state index contributed by atoms with van der Waals surface area (Å²) in [7, 11) is 1.57. The second-order valence-electron chi connectivity index (χ2n) is 4.70. The summed E-state index contributed by atoms with van der Waals surface area (Å²) in [6, 6.07) is 2.96. The number of urea groups is 1. The van der Waals surface area contributed by atoms with Crippen molar-refractivity contribution in [3.63, 3.8) is 0 Å². The molecule has 1 aromatic rings. The lowest BCUT2D eigenvalue weighted by molar-refractivity contribution is -0.148. The van der Waals surface area contributed by atoms with Crippen molar-refractivity contribution in [3.05, 3.63) is 24.5 Å². The third kappa shape index (κ3) is 2.88. The number of carboxylic acids is 1. The zero-order valence-electron chi connectivity index (χ0n) is 11.2. The van der Waals surface area contributed by atoms with Gasteiger partial charge in [0, 0.05) is 39.3 Å². The van der Waals surface area contributed by atoms with Gasteiger partial charge >= 0.3 is 12.0 Å². The summed E-state index contributed by atoms with van der Waals surface area (Å²) in [6.07, 6.45) is 3.66. The van der Waals surface area contributed by atoms with E-state index in [1.807, 2.05) is 0 Å². The SMILES string of the molecule is CN(C(=O)NC1(C(=O)O)CCOCC1)c1cccnc1. The summed E-state index contributed by atoms with van der Waals surface area (Å²) in [4.78, 5) is 28.9. The Morgan fingerprint density at radius 3 is 2.70 bits per heavy atom. The number of anilines is 1. The van der Waals surface area contributed by atoms with Crippen LogP contribution in [0.2, 0.25) is 0 Å². The van der Waals surface area contributed by atoms with Crippen molar-refractivity contribution in [3.8, 4) is 0 Å². The van der Waals surface area contributed by atoms with E-state index in [0.29, 0.717) is 18.9 Å². The maximum Gasteiger partial charge on any atom is 0.329 e. The van der Waals surface area contributed by atoms with Gasteiger partial charge in [0.05, 0.1) is 11.9 Å². The van der Waals surface area contributed by atoms with E-state index in [1.54, 1.807) is 25.4 Å². The highest BCUT2D eigenvalue weighted by Gasteiger charge is 2.42. The Labute approximate surface area is 116 Å². The molecule has 0 spiro atoms. The lowest BCUT2D eigenvalue weighted by Crippen LogP contribution is -2.59. The van der Waals surface area contributed by atoms with Gasteiger partial charge in [0.15, 0.2) is 0 Å². The Hall–Kier alpha value is -2.15. The summed E-state index contributed by atoms with van der Waals surface area (Å²) in [5.74, 6) is -1.03. The van der Waals surface area contributed by atoms with Crippen LogP contribution >= 0.6 is 0 Å². The van der Waals surface area contributed by atoms with Gasteiger partial charge in [0.25, 0.3) is 0 Å². The van der Waals surface area contributed by atoms with Crippen LogP contribution < -0.4 is 10.2 Å². The summed E-state index contributed by atoms with van der Waals surface area (Å²) in [6.45, 7) is 0.645. The average Bonchev–Trinajstić information content (AvgIpc) is 2.48. The lowest BCUT2D eigenvalue weighted by atomic mass is 9.90. The second kappa shape index (κ2) is 5.87. The normalized spacial score (nSPS) is 17.2. The number of aromatic nitrogens is 1. The number of hydrogen-bond acceptors (Lipinski definition) is 4. The highest BCUT2D eigenvalue weighted by atomic mass is 16.5. The van der Waals surface area contributed by atoms with Gasteiger partial charge < -0.3 is 15.2 Å². The monoisotopic (exact) mass is 279 g/mol. The molecule has 2 N–H and O–H groups in total. The van der Waals surface area contributed by atoms with Gasteiger partial charge in [0.2, 0.25) is 0 Å². The Kier molecular flexibility index (Phi) is 4.19. The molecule has 1 saturated heterocycles. The maximum atomic E-state index is 12.2. The molecule has 7 heteroatoms. The van der Waals surface area contributed by atoms with Gasteiger partial charge in [-0.15, -0.1) is 0 Å². The van der Waals surface area contributed by atoms with Gasteiger partial charge in [-0.1, -0.05) is 0 Å². The fourth-order valence-electron chi connectivity index (χ4n) is 2.07. The van der Waals surface area contributed by atoms with E-state index in [2.05, 4.69) is 10.3 Å². The first-order valence-electron chi connectivity index (χ1n) is 6.32. The van der Waals surface area contributed by atoms with E-state index in [-0.39, 0.29) is 12.8 Å². The number of aliphatic carboxylic acids is 1. The second-order valence-corrected chi connectivity index (χ2v) is 4.70. The number of pyridine rings is 1. The highest BCUT2D eigenvalue weighted by molar-refractivity contribution is 5.95. The van der Waals surface area contributed by atoms with Crippen molar-refractivity contribution in [2.75, 3.05) is 25.2 Å². The largest absolute Gasteiger partial charge is 0.480 e. The third-order valence-corrected chi connectivity index (χ3v) is 3.44. The van der Waals surface area contributed by atoms with E-state index < -0.39 is 17.5 Å². The quantitative estimate of drug-likeness (QED) is 0.856. The molecule has 0 radical (unpaired) electrons. The Balaban J connectivity index is 2.11. The van der Waals surface area contributed by atoms with Crippen LogP contribution in [0.25, 0.3) is 0 Å². The van der Waals surface area contributed by atoms with Crippen molar-refractivity contribution in [2.24, 2.45) is 0 Å². The Morgan fingerprint density at radius 1 is 1.45 bits per heavy atom. The summed E-state index contributed by atoms with van der Waals surface area (Å²) >= 11 is 0. The zero-order valence-corrected chi connectivity index (χ0v) is 11.2. The number of rotatable bonds is 3. The molecule has 1 fully saturated rings. The van der Waals surface area contributed by atoms with Gasteiger partial charge in [-0.25, -0.2) is 9.59 Å². The molecule has 0 aromatic carbocycles. The number of carbonyl (C=O) groups is 2. The number of carboxylic acid groups (broad SMARTS) is 1. The molecule has 20 heavy (non-hydrogen) atoms. The predicted octanol–water partition coefficient (Wildman–Crippen LogP) is 0.861. The average molecular weight is 279 g/mol. The van der Waals surface area contributed by atoms with Gasteiger partial charge in [0.1, 0.15) is 5.54 Å². The molecule has 0 atom stereocenters. The molecular weight excluding hydrogens is 262 g/mol. The van der Waals surface area contributed by atoms with Gasteiger partial charge in [-0.3, -0.25) is 9.88 Å². The van der Waals surface area contributed by atoms with Crippen LogP contribution in [0.1, 0.15) is 12.8 Å². The summed E-state index contributed by atoms with van der Waals surface area (Å²) < 4.78 is 5.16. The zero-order chi connectivity index (χ0) is 14.6. The molecule has 0 aliphatic carbocycles. The van der Waals surface area contributed by atoms with Crippen molar-refractivity contribution < 1.29 is 19.4 Å². The van der Waals surface area contributed by atoms with Crippen LogP contribution in [0.3, 0.4) is 0 Å². The van der Waals surface area contributed by atoms with Crippen LogP contribution in [0, 0.1) is 0 Å². The predicted molar refractivity (Wildman–Crippen MR) is 71.6 cm³/mol. The number of amides is 2. The minimum absolute atomic E-state index is 0.259. The molecule has 7 nitrogen and oxygen atoms in total. The van der Waals surface area contributed by atoms with Gasteiger partial charge in [-0.05, 0) is 12.1 Å². The highest BCUT2D eigenvalue weighted by Crippen LogP contribution is 2.22. The molecule has 2 heterocycles. The number of ether oxygens (including phenoxy) is 1. The van der Waals surface area contributed by atoms with E-state index in [0.717, 1.165) is 0 Å². The summed E-state index contributed by atoms with van der Waals surface area (Å²) in [5.41, 5.74) is -0.663. The standard InChI is InChI=1S/C13H17N3O4/c1-16(10-3-2-6-14-9-10)12(19)15-13(11(17)18)4-7-20-8-5-13/h2-3,6,9H,4-5,7-8H2,1H3,(H,15,19)(H,17,18). The molecule has 0 saturated carbocycles. The summed E-state index contributed by atoms with van der Waals surface area (Å²) in [5, 5.41) is 12.0. The number of nitrogens with zero attached hydrogens (tertiary/aromatic N) is 2. The van der Waals surface area contributed by atoms with Crippen molar-refractivity contribution >= 4 is 17.7 Å². The first kappa shape index (κ1) is 14.3. The molecule has 1 aromatic heterocycles. The molecule has 1 aliphatic rings. The van der Waals surface area contributed by atoms with Gasteiger partial charge in [-0.2, -0.15) is 0 Å². The first-order valence-corrected chi connectivity index (χ1v) is 6.32. The smallest absolute Gasteiger partial charge is 0.329 e. The fourth-order valence-corrected chi connectivity index (χ4v) is 2.07. The van der Waals surface area contributed by atoms with E-state index in [9.17, 15) is 14.7 Å². The van der Waals surface area contributed by atoms with Crippen molar-refractivity contribution in [2.45, 2.75) is 18.4 Å². The molecule has 108 valence electrons. The third-order valence-electron chi connectivity index (χ3n) is 3.44. The van der Waals surface area contributed by atoms with Crippen LogP contribution in [-0.2, 0) is 9.53 Å². The minimum Gasteiger partial charge on any atom is -0.480 e. The van der Waals surface area contributed by atoms with Crippen molar-refractivity contribution in [1.82, 2.24) is 10.3 Å². The molecule has 1 aliphatic heterocycles. The van der Waals surface area contributed by atoms with E-state index >= 15 is 0 Å². The lowest BCUT2D eigenvalue weighted by Gasteiger charge is -2.35. The number of carbonyl (C=O) groups excluding carboxylic acids is 1. The Morgan fingerprint density at radius 2 is 2.15 bits per heavy atom. The molecular formula is C13H17N3O4. The maximum absolute atomic E-state index is 12.2. The first-order chi connectivity index (χ1) is 9.55. The fraction of sp³-hybridized carbons (Fsp3) is 0.462. The molecule has 0 unspecified atom stereocenters. The van der Waals surface area contributed by atoms with Crippen LogP contribution in [0.15, 0.2) is 24.5 Å². The van der Waals surface area contributed by atoms with Crippen molar-refractivity contribution in [1.29, 1.82) is 0 Å². The van der Waals surface area contributed by atoms with E-state index in [1.165, 1.54) is 11.1 Å². The van der Waals surface area contributed by atoms with Crippen LogP contribution in [0.5, 0.6) is 0 Å². The Bertz CT molecular complexity index is 486. The minimum atomic E-state index is -1.26. The molecule has 0 bridgehead atoms.